The van der Waals surface area contributed by atoms with Crippen LogP contribution in [0.2, 0.25) is 0 Å². The predicted molar refractivity (Wildman–Crippen MR) is 119 cm³/mol. The molecule has 0 bridgehead atoms. The van der Waals surface area contributed by atoms with Crippen LogP contribution in [0.25, 0.3) is 11.0 Å². The Bertz CT molecular complexity index is 1120. The van der Waals surface area contributed by atoms with E-state index < -0.39 is 10.0 Å². The van der Waals surface area contributed by atoms with Crippen molar-refractivity contribution < 1.29 is 13.2 Å². The second kappa shape index (κ2) is 9.16. The molecule has 0 fully saturated rings. The molecule has 0 saturated carbocycles. The van der Waals surface area contributed by atoms with Gasteiger partial charge in [0.15, 0.2) is 0 Å². The van der Waals surface area contributed by atoms with Gasteiger partial charge in [-0.1, -0.05) is 25.1 Å². The number of aryl methyl sites for hydroxylation is 1. The van der Waals surface area contributed by atoms with Crippen LogP contribution in [0.4, 0.5) is 0 Å². The standard InChI is InChI=1S/C22H30N4O3S/c1-6-13-26-20-12-11-18(30(27,28)24(2)3)14-19(20)23-22(26)16-25(4)15-17-9-7-8-10-21(17)29-5/h7-12,14H,6,13,15-16H2,1-5H3. The van der Waals surface area contributed by atoms with Crippen LogP contribution in [-0.4, -0.2) is 55.4 Å². The number of benzene rings is 2. The second-order valence-electron chi connectivity index (χ2n) is 7.60. The van der Waals surface area contributed by atoms with E-state index >= 15 is 0 Å². The summed E-state index contributed by atoms with van der Waals surface area (Å²) in [5.74, 6) is 1.79. The fraction of sp³-hybridized carbons (Fsp3) is 0.409. The van der Waals surface area contributed by atoms with E-state index in [1.165, 1.54) is 18.4 Å². The molecule has 0 spiro atoms. The largest absolute Gasteiger partial charge is 0.496 e. The van der Waals surface area contributed by atoms with Crippen LogP contribution in [0, 0.1) is 0 Å². The lowest BCUT2D eigenvalue weighted by Gasteiger charge is -2.19. The van der Waals surface area contributed by atoms with Gasteiger partial charge in [0, 0.05) is 32.7 Å². The van der Waals surface area contributed by atoms with Crippen LogP contribution in [0.5, 0.6) is 5.75 Å². The summed E-state index contributed by atoms with van der Waals surface area (Å²) in [5, 5.41) is 0. The summed E-state index contributed by atoms with van der Waals surface area (Å²) in [7, 11) is 3.30. The summed E-state index contributed by atoms with van der Waals surface area (Å²) >= 11 is 0. The minimum absolute atomic E-state index is 0.259. The molecule has 0 aliphatic carbocycles. The molecule has 0 aliphatic rings. The molecular formula is C22H30N4O3S. The number of methoxy groups -OCH3 is 1. The second-order valence-corrected chi connectivity index (χ2v) is 9.75. The smallest absolute Gasteiger partial charge is 0.242 e. The molecule has 162 valence electrons. The SMILES string of the molecule is CCCn1c(CN(C)Cc2ccccc2OC)nc2cc(S(=O)(=O)N(C)C)ccc21. The van der Waals surface area contributed by atoms with E-state index in [-0.39, 0.29) is 4.90 Å². The Hall–Kier alpha value is -2.42. The normalized spacial score (nSPS) is 12.2. The van der Waals surface area contributed by atoms with Gasteiger partial charge in [-0.3, -0.25) is 4.90 Å². The molecule has 1 heterocycles. The molecule has 3 rings (SSSR count). The van der Waals surface area contributed by atoms with Gasteiger partial charge in [0.2, 0.25) is 10.0 Å². The zero-order valence-electron chi connectivity index (χ0n) is 18.3. The van der Waals surface area contributed by atoms with E-state index in [2.05, 4.69) is 22.5 Å². The summed E-state index contributed by atoms with van der Waals surface area (Å²) in [5.41, 5.74) is 2.77. The van der Waals surface area contributed by atoms with Crippen LogP contribution in [-0.2, 0) is 29.7 Å². The van der Waals surface area contributed by atoms with Crippen molar-refractivity contribution >= 4 is 21.1 Å². The first-order valence-corrected chi connectivity index (χ1v) is 11.4. The van der Waals surface area contributed by atoms with Crippen molar-refractivity contribution in [1.29, 1.82) is 0 Å². The van der Waals surface area contributed by atoms with E-state index in [1.807, 2.05) is 31.3 Å². The van der Waals surface area contributed by atoms with E-state index in [0.717, 1.165) is 42.2 Å². The first-order valence-electron chi connectivity index (χ1n) is 10.00. The lowest BCUT2D eigenvalue weighted by Crippen LogP contribution is -2.22. The minimum Gasteiger partial charge on any atom is -0.496 e. The number of sulfonamides is 1. The third-order valence-electron chi connectivity index (χ3n) is 5.07. The van der Waals surface area contributed by atoms with Gasteiger partial charge in [-0.25, -0.2) is 17.7 Å². The van der Waals surface area contributed by atoms with Gasteiger partial charge in [0.05, 0.1) is 29.6 Å². The molecule has 1 aromatic heterocycles. The zero-order valence-corrected chi connectivity index (χ0v) is 19.1. The van der Waals surface area contributed by atoms with Crippen molar-refractivity contribution in [2.24, 2.45) is 0 Å². The van der Waals surface area contributed by atoms with Crippen LogP contribution in [0.1, 0.15) is 24.7 Å². The molecule has 0 saturated heterocycles. The number of ether oxygens (including phenoxy) is 1. The summed E-state index contributed by atoms with van der Waals surface area (Å²) in [6.07, 6.45) is 0.965. The van der Waals surface area contributed by atoms with Gasteiger partial charge in [-0.15, -0.1) is 0 Å². The molecule has 0 unspecified atom stereocenters. The lowest BCUT2D eigenvalue weighted by atomic mass is 10.2. The number of para-hydroxylation sites is 1. The Balaban J connectivity index is 1.93. The Morgan fingerprint density at radius 2 is 1.80 bits per heavy atom. The third kappa shape index (κ3) is 4.50. The summed E-state index contributed by atoms with van der Waals surface area (Å²) in [4.78, 5) is 7.24. The number of aromatic nitrogens is 2. The molecule has 30 heavy (non-hydrogen) atoms. The maximum Gasteiger partial charge on any atom is 0.242 e. The van der Waals surface area contributed by atoms with Gasteiger partial charge >= 0.3 is 0 Å². The van der Waals surface area contributed by atoms with Gasteiger partial charge in [-0.05, 0) is 37.7 Å². The van der Waals surface area contributed by atoms with E-state index in [9.17, 15) is 8.42 Å². The van der Waals surface area contributed by atoms with Gasteiger partial charge < -0.3 is 9.30 Å². The highest BCUT2D eigenvalue weighted by atomic mass is 32.2. The summed E-state index contributed by atoms with van der Waals surface area (Å²) in [6, 6.07) is 13.2. The first kappa shape index (κ1) is 22.3. The molecule has 0 N–H and O–H groups in total. The Morgan fingerprint density at radius 1 is 1.07 bits per heavy atom. The molecule has 3 aromatic rings. The Labute approximate surface area is 178 Å². The number of fused-ring (bicyclic) bond motifs is 1. The summed E-state index contributed by atoms with van der Waals surface area (Å²) in [6.45, 7) is 4.31. The Kier molecular flexibility index (Phi) is 6.80. The van der Waals surface area contributed by atoms with E-state index in [0.29, 0.717) is 12.1 Å². The average molecular weight is 431 g/mol. The zero-order chi connectivity index (χ0) is 21.9. The topological polar surface area (TPSA) is 67.7 Å². The van der Waals surface area contributed by atoms with Crippen LogP contribution in [0.3, 0.4) is 0 Å². The summed E-state index contributed by atoms with van der Waals surface area (Å²) < 4.78 is 33.9. The maximum absolute atomic E-state index is 12.5. The predicted octanol–water partition coefficient (Wildman–Crippen LogP) is 3.34. The van der Waals surface area contributed by atoms with Gasteiger partial charge in [0.25, 0.3) is 0 Å². The minimum atomic E-state index is -3.50. The lowest BCUT2D eigenvalue weighted by molar-refractivity contribution is 0.298. The third-order valence-corrected chi connectivity index (χ3v) is 6.88. The van der Waals surface area contributed by atoms with E-state index in [4.69, 9.17) is 9.72 Å². The molecule has 0 aliphatic heterocycles. The molecular weight excluding hydrogens is 400 g/mol. The number of imidazole rings is 1. The van der Waals surface area contributed by atoms with Crippen molar-refractivity contribution in [2.45, 2.75) is 37.9 Å². The highest BCUT2D eigenvalue weighted by molar-refractivity contribution is 7.89. The number of nitrogens with zero attached hydrogens (tertiary/aromatic N) is 4. The molecule has 0 amide bonds. The van der Waals surface area contributed by atoms with Gasteiger partial charge in [0.1, 0.15) is 11.6 Å². The van der Waals surface area contributed by atoms with Crippen molar-refractivity contribution in [1.82, 2.24) is 18.8 Å². The van der Waals surface area contributed by atoms with E-state index in [1.54, 1.807) is 19.2 Å². The molecule has 8 heteroatoms. The fourth-order valence-corrected chi connectivity index (χ4v) is 4.47. The number of hydrogen-bond acceptors (Lipinski definition) is 5. The maximum atomic E-state index is 12.5. The van der Waals surface area contributed by atoms with Crippen molar-refractivity contribution in [2.75, 3.05) is 28.3 Å². The van der Waals surface area contributed by atoms with Crippen molar-refractivity contribution in [3.05, 3.63) is 53.9 Å². The molecule has 2 aromatic carbocycles. The molecule has 0 atom stereocenters. The van der Waals surface area contributed by atoms with Crippen LogP contribution < -0.4 is 4.74 Å². The number of hydrogen-bond donors (Lipinski definition) is 0. The van der Waals surface area contributed by atoms with Crippen molar-refractivity contribution in [3.8, 4) is 5.75 Å². The molecule has 0 radical (unpaired) electrons. The fourth-order valence-electron chi connectivity index (χ4n) is 3.55. The Morgan fingerprint density at radius 3 is 2.47 bits per heavy atom. The van der Waals surface area contributed by atoms with Crippen LogP contribution in [0.15, 0.2) is 47.4 Å². The first-order chi connectivity index (χ1) is 14.3. The highest BCUT2D eigenvalue weighted by Crippen LogP contribution is 2.24. The molecule has 7 nitrogen and oxygen atoms in total. The number of rotatable bonds is 9. The van der Waals surface area contributed by atoms with Crippen molar-refractivity contribution in [3.63, 3.8) is 0 Å². The average Bonchev–Trinajstić information content (AvgIpc) is 3.04. The highest BCUT2D eigenvalue weighted by Gasteiger charge is 2.20. The quantitative estimate of drug-likeness (QED) is 0.521. The van der Waals surface area contributed by atoms with Gasteiger partial charge in [-0.2, -0.15) is 0 Å². The monoisotopic (exact) mass is 430 g/mol. The van der Waals surface area contributed by atoms with Crippen LogP contribution >= 0.6 is 0 Å².